The van der Waals surface area contributed by atoms with E-state index < -0.39 is 0 Å². The molecule has 2 heterocycles. The number of morpholine rings is 1. The van der Waals surface area contributed by atoms with Gasteiger partial charge in [-0.3, -0.25) is 9.69 Å². The first-order chi connectivity index (χ1) is 12.1. The minimum atomic E-state index is -0.0133. The maximum absolute atomic E-state index is 12.8. The molecule has 0 radical (unpaired) electrons. The van der Waals surface area contributed by atoms with Crippen molar-refractivity contribution in [2.75, 3.05) is 26.2 Å². The van der Waals surface area contributed by atoms with E-state index in [1.807, 2.05) is 17.9 Å². The van der Waals surface area contributed by atoms with Crippen molar-refractivity contribution >= 4 is 5.91 Å². The van der Waals surface area contributed by atoms with E-state index in [-0.39, 0.29) is 24.1 Å². The van der Waals surface area contributed by atoms with Crippen LogP contribution in [-0.2, 0) is 16.1 Å². The Morgan fingerprint density at radius 3 is 2.84 bits per heavy atom. The number of hydrogen-bond acceptors (Lipinski definition) is 4. The first-order valence-corrected chi connectivity index (χ1v) is 9.56. The maximum atomic E-state index is 12.8. The van der Waals surface area contributed by atoms with Crippen LogP contribution >= 0.6 is 0 Å². The summed E-state index contributed by atoms with van der Waals surface area (Å²) in [6.45, 7) is 6.20. The number of carbonyl (C=O) groups excluding carboxylic acids is 1. The third-order valence-corrected chi connectivity index (χ3v) is 5.35. The summed E-state index contributed by atoms with van der Waals surface area (Å²) in [5.41, 5.74) is 7.41. The highest BCUT2D eigenvalue weighted by Crippen LogP contribution is 2.21. The Kier molecular flexibility index (Phi) is 6.45. The summed E-state index contributed by atoms with van der Waals surface area (Å²) in [6.07, 6.45) is 3.73. The summed E-state index contributed by atoms with van der Waals surface area (Å²) in [7, 11) is 0. The molecular weight excluding hydrogens is 314 g/mol. The molecule has 3 atom stereocenters. The predicted octanol–water partition coefficient (Wildman–Crippen LogP) is 2.01. The molecule has 5 nitrogen and oxygen atoms in total. The molecule has 138 valence electrons. The number of carbonyl (C=O) groups is 1. The smallest absolute Gasteiger partial charge is 0.225 e. The Bertz CT molecular complexity index is 549. The van der Waals surface area contributed by atoms with Gasteiger partial charge >= 0.3 is 0 Å². The number of likely N-dealkylation sites (tertiary alicyclic amines) is 1. The van der Waals surface area contributed by atoms with Crippen LogP contribution in [0.4, 0.5) is 0 Å². The van der Waals surface area contributed by atoms with Gasteiger partial charge in [-0.15, -0.1) is 0 Å². The predicted molar refractivity (Wildman–Crippen MR) is 99.1 cm³/mol. The molecule has 2 aliphatic heterocycles. The average molecular weight is 345 g/mol. The Hall–Kier alpha value is -1.43. The average Bonchev–Trinajstić information content (AvgIpc) is 2.63. The highest BCUT2D eigenvalue weighted by molar-refractivity contribution is 5.77. The van der Waals surface area contributed by atoms with Crippen molar-refractivity contribution in [2.45, 2.75) is 57.3 Å². The second-order valence-electron chi connectivity index (χ2n) is 7.43. The monoisotopic (exact) mass is 345 g/mol. The fraction of sp³-hybridized carbons (Fsp3) is 0.650. The zero-order valence-electron chi connectivity index (χ0n) is 15.3. The molecule has 1 aromatic carbocycles. The van der Waals surface area contributed by atoms with Crippen LogP contribution in [0.2, 0.25) is 0 Å². The molecule has 2 fully saturated rings. The van der Waals surface area contributed by atoms with E-state index in [9.17, 15) is 4.79 Å². The summed E-state index contributed by atoms with van der Waals surface area (Å²) in [6, 6.07) is 10.7. The number of ether oxygens (including phenoxy) is 1. The van der Waals surface area contributed by atoms with E-state index in [2.05, 4.69) is 29.2 Å². The minimum absolute atomic E-state index is 0.0133. The normalized spacial score (nSPS) is 26.4. The maximum Gasteiger partial charge on any atom is 0.225 e. The molecular formula is C20H31N3O2. The number of nitrogens with zero attached hydrogens (tertiary/aromatic N) is 2. The highest BCUT2D eigenvalue weighted by Gasteiger charge is 2.31. The summed E-state index contributed by atoms with van der Waals surface area (Å²) in [5.74, 6) is 0.202. The number of hydrogen-bond donors (Lipinski definition) is 1. The molecule has 0 aliphatic carbocycles. The van der Waals surface area contributed by atoms with E-state index in [1.165, 1.54) is 12.0 Å². The lowest BCUT2D eigenvalue weighted by Gasteiger charge is -2.39. The summed E-state index contributed by atoms with van der Waals surface area (Å²) in [4.78, 5) is 17.2. The molecule has 2 aliphatic rings. The summed E-state index contributed by atoms with van der Waals surface area (Å²) in [5, 5.41) is 0. The molecule has 5 heteroatoms. The molecule has 1 amide bonds. The largest absolute Gasteiger partial charge is 0.375 e. The molecule has 25 heavy (non-hydrogen) atoms. The van der Waals surface area contributed by atoms with Crippen molar-refractivity contribution < 1.29 is 9.53 Å². The molecule has 1 aromatic rings. The first-order valence-electron chi connectivity index (χ1n) is 9.56. The second-order valence-corrected chi connectivity index (χ2v) is 7.43. The van der Waals surface area contributed by atoms with Crippen LogP contribution in [0, 0.1) is 0 Å². The van der Waals surface area contributed by atoms with Crippen molar-refractivity contribution in [1.29, 1.82) is 0 Å². The zero-order chi connectivity index (χ0) is 17.6. The Morgan fingerprint density at radius 2 is 2.08 bits per heavy atom. The van der Waals surface area contributed by atoms with Crippen molar-refractivity contribution in [3.8, 4) is 0 Å². The minimum Gasteiger partial charge on any atom is -0.375 e. The standard InChI is InChI=1S/C20H31N3O2/c1-16(21)19-9-5-6-10-23(19)20(24)13-18-15-22(11-12-25-18)14-17-7-3-2-4-8-17/h2-4,7-8,16,18-19H,5-6,9-15,21H2,1H3. The van der Waals surface area contributed by atoms with Gasteiger partial charge in [0, 0.05) is 38.3 Å². The Labute approximate surface area is 151 Å². The third kappa shape index (κ3) is 5.03. The fourth-order valence-electron chi connectivity index (χ4n) is 4.01. The van der Waals surface area contributed by atoms with E-state index in [0.717, 1.165) is 39.0 Å². The van der Waals surface area contributed by atoms with E-state index >= 15 is 0 Å². The molecule has 0 aromatic heterocycles. The van der Waals surface area contributed by atoms with Crippen molar-refractivity contribution in [2.24, 2.45) is 5.73 Å². The van der Waals surface area contributed by atoms with Gasteiger partial charge in [0.25, 0.3) is 0 Å². The first kappa shape index (κ1) is 18.4. The van der Waals surface area contributed by atoms with Gasteiger partial charge in [-0.25, -0.2) is 0 Å². The van der Waals surface area contributed by atoms with Crippen LogP contribution in [0.3, 0.4) is 0 Å². The zero-order valence-corrected chi connectivity index (χ0v) is 15.3. The third-order valence-electron chi connectivity index (χ3n) is 5.35. The van der Waals surface area contributed by atoms with E-state index in [4.69, 9.17) is 10.5 Å². The van der Waals surface area contributed by atoms with Crippen LogP contribution in [0.15, 0.2) is 30.3 Å². The molecule has 2 saturated heterocycles. The van der Waals surface area contributed by atoms with Crippen LogP contribution in [0.5, 0.6) is 0 Å². The molecule has 3 rings (SSSR count). The quantitative estimate of drug-likeness (QED) is 0.887. The number of nitrogens with two attached hydrogens (primary N) is 1. The fourth-order valence-corrected chi connectivity index (χ4v) is 4.01. The van der Waals surface area contributed by atoms with Crippen LogP contribution < -0.4 is 5.73 Å². The van der Waals surface area contributed by atoms with Crippen molar-refractivity contribution in [3.05, 3.63) is 35.9 Å². The molecule has 0 saturated carbocycles. The van der Waals surface area contributed by atoms with Crippen LogP contribution in [0.1, 0.15) is 38.2 Å². The van der Waals surface area contributed by atoms with Crippen LogP contribution in [-0.4, -0.2) is 60.1 Å². The second kappa shape index (κ2) is 8.79. The van der Waals surface area contributed by atoms with Gasteiger partial charge in [0.1, 0.15) is 0 Å². The van der Waals surface area contributed by atoms with Gasteiger partial charge in [-0.05, 0) is 31.7 Å². The van der Waals surface area contributed by atoms with E-state index in [0.29, 0.717) is 13.0 Å². The Balaban J connectivity index is 1.54. The molecule has 2 N–H and O–H groups in total. The van der Waals surface area contributed by atoms with Gasteiger partial charge in [0.05, 0.1) is 19.1 Å². The van der Waals surface area contributed by atoms with Gasteiger partial charge in [0.2, 0.25) is 5.91 Å². The number of rotatable bonds is 5. The number of benzene rings is 1. The van der Waals surface area contributed by atoms with Gasteiger partial charge in [-0.1, -0.05) is 30.3 Å². The van der Waals surface area contributed by atoms with Gasteiger partial charge in [-0.2, -0.15) is 0 Å². The molecule has 0 spiro atoms. The summed E-state index contributed by atoms with van der Waals surface area (Å²) >= 11 is 0. The topological polar surface area (TPSA) is 58.8 Å². The lowest BCUT2D eigenvalue weighted by Crippen LogP contribution is -2.53. The van der Waals surface area contributed by atoms with Gasteiger partial charge < -0.3 is 15.4 Å². The van der Waals surface area contributed by atoms with Gasteiger partial charge in [0.15, 0.2) is 0 Å². The van der Waals surface area contributed by atoms with Crippen molar-refractivity contribution in [3.63, 3.8) is 0 Å². The molecule has 3 unspecified atom stereocenters. The van der Waals surface area contributed by atoms with Crippen molar-refractivity contribution in [1.82, 2.24) is 9.80 Å². The Morgan fingerprint density at radius 1 is 1.28 bits per heavy atom. The molecule has 0 bridgehead atoms. The lowest BCUT2D eigenvalue weighted by atomic mass is 9.96. The van der Waals surface area contributed by atoms with Crippen LogP contribution in [0.25, 0.3) is 0 Å². The van der Waals surface area contributed by atoms with E-state index in [1.54, 1.807) is 0 Å². The highest BCUT2D eigenvalue weighted by atomic mass is 16.5. The number of amides is 1. The summed E-state index contributed by atoms with van der Waals surface area (Å²) < 4.78 is 5.88. The number of piperidine rings is 1. The SMILES string of the molecule is CC(N)C1CCCCN1C(=O)CC1CN(Cc2ccccc2)CCO1. The lowest BCUT2D eigenvalue weighted by molar-refractivity contribution is -0.140.